The molecule has 0 saturated heterocycles. The molecule has 0 fully saturated rings. The van der Waals surface area contributed by atoms with Crippen molar-refractivity contribution in [1.82, 2.24) is 0 Å². The third kappa shape index (κ3) is 2.94. The smallest absolute Gasteiger partial charge is 0.266 e. The predicted octanol–water partition coefficient (Wildman–Crippen LogP) is 4.66. The minimum Gasteiger partial charge on any atom is -0.320 e. The van der Waals surface area contributed by atoms with Crippen molar-refractivity contribution in [2.45, 2.75) is 0 Å². The number of carbonyl (C=O) groups is 1. The SMILES string of the molecule is O=C(Nc1ccc(F)cc1Br)c1sccc1Br. The van der Waals surface area contributed by atoms with Crippen LogP contribution < -0.4 is 5.32 Å². The van der Waals surface area contributed by atoms with Gasteiger partial charge in [-0.05, 0) is 61.5 Å². The van der Waals surface area contributed by atoms with Gasteiger partial charge in [0.25, 0.3) is 5.91 Å². The molecule has 0 aliphatic heterocycles. The van der Waals surface area contributed by atoms with Gasteiger partial charge in [0.15, 0.2) is 0 Å². The molecule has 1 amide bonds. The number of amides is 1. The number of hydrogen-bond donors (Lipinski definition) is 1. The number of thiophene rings is 1. The zero-order valence-electron chi connectivity index (χ0n) is 8.34. The summed E-state index contributed by atoms with van der Waals surface area (Å²) in [5.74, 6) is -0.577. The highest BCUT2D eigenvalue weighted by Gasteiger charge is 2.13. The number of hydrogen-bond acceptors (Lipinski definition) is 2. The van der Waals surface area contributed by atoms with E-state index in [0.29, 0.717) is 15.0 Å². The molecule has 1 aromatic heterocycles. The van der Waals surface area contributed by atoms with Crippen LogP contribution >= 0.6 is 43.2 Å². The largest absolute Gasteiger partial charge is 0.320 e. The van der Waals surface area contributed by atoms with Gasteiger partial charge in [-0.2, -0.15) is 0 Å². The van der Waals surface area contributed by atoms with E-state index in [4.69, 9.17) is 0 Å². The van der Waals surface area contributed by atoms with E-state index in [1.54, 1.807) is 6.07 Å². The molecule has 0 bridgehead atoms. The van der Waals surface area contributed by atoms with Gasteiger partial charge in [0.2, 0.25) is 0 Å². The summed E-state index contributed by atoms with van der Waals surface area (Å²) < 4.78 is 14.1. The number of rotatable bonds is 2. The summed E-state index contributed by atoms with van der Waals surface area (Å²) >= 11 is 7.82. The normalized spacial score (nSPS) is 10.3. The lowest BCUT2D eigenvalue weighted by atomic mass is 10.3. The van der Waals surface area contributed by atoms with E-state index in [1.165, 1.54) is 29.5 Å². The highest BCUT2D eigenvalue weighted by atomic mass is 79.9. The van der Waals surface area contributed by atoms with Crippen molar-refractivity contribution < 1.29 is 9.18 Å². The van der Waals surface area contributed by atoms with Gasteiger partial charge in [-0.15, -0.1) is 11.3 Å². The zero-order valence-corrected chi connectivity index (χ0v) is 12.3. The summed E-state index contributed by atoms with van der Waals surface area (Å²) in [6.45, 7) is 0. The molecule has 0 unspecified atom stereocenters. The average Bonchev–Trinajstić information content (AvgIpc) is 2.68. The standard InChI is InChI=1S/C11H6Br2FNOS/c12-7-3-4-17-10(7)11(16)15-9-2-1-6(14)5-8(9)13/h1-5H,(H,15,16). The molecule has 17 heavy (non-hydrogen) atoms. The second-order valence-corrected chi connectivity index (χ2v) is 5.80. The molecule has 1 aromatic carbocycles. The van der Waals surface area contributed by atoms with Gasteiger partial charge in [0, 0.05) is 8.95 Å². The van der Waals surface area contributed by atoms with Crippen molar-refractivity contribution in [3.05, 3.63) is 49.3 Å². The first-order valence-electron chi connectivity index (χ1n) is 4.57. The second kappa shape index (κ2) is 5.29. The summed E-state index contributed by atoms with van der Waals surface area (Å²) in [7, 11) is 0. The van der Waals surface area contributed by atoms with Crippen molar-refractivity contribution in [2.24, 2.45) is 0 Å². The van der Waals surface area contributed by atoms with Crippen molar-refractivity contribution in [3.63, 3.8) is 0 Å². The Labute approximate surface area is 118 Å². The number of halogens is 3. The van der Waals surface area contributed by atoms with Crippen molar-refractivity contribution in [3.8, 4) is 0 Å². The number of benzene rings is 1. The molecule has 0 spiro atoms. The molecule has 1 heterocycles. The van der Waals surface area contributed by atoms with Crippen LogP contribution in [0.25, 0.3) is 0 Å². The lowest BCUT2D eigenvalue weighted by Gasteiger charge is -2.06. The van der Waals surface area contributed by atoms with E-state index in [9.17, 15) is 9.18 Å². The van der Waals surface area contributed by atoms with Crippen molar-refractivity contribution in [2.75, 3.05) is 5.32 Å². The highest BCUT2D eigenvalue weighted by molar-refractivity contribution is 9.11. The van der Waals surface area contributed by atoms with Crippen LogP contribution in [0.15, 0.2) is 38.6 Å². The van der Waals surface area contributed by atoms with Gasteiger partial charge in [0.05, 0.1) is 5.69 Å². The first kappa shape index (κ1) is 12.7. The summed E-state index contributed by atoms with van der Waals surface area (Å²) in [4.78, 5) is 12.5. The zero-order chi connectivity index (χ0) is 12.4. The van der Waals surface area contributed by atoms with Crippen LogP contribution in [0.4, 0.5) is 10.1 Å². The maximum atomic E-state index is 12.9. The monoisotopic (exact) mass is 377 g/mol. The van der Waals surface area contributed by atoms with Crippen molar-refractivity contribution >= 4 is 54.8 Å². The van der Waals surface area contributed by atoms with E-state index >= 15 is 0 Å². The molecule has 0 saturated carbocycles. The van der Waals surface area contributed by atoms with Crippen LogP contribution in [-0.2, 0) is 0 Å². The number of anilines is 1. The van der Waals surface area contributed by atoms with Gasteiger partial charge in [-0.1, -0.05) is 0 Å². The average molecular weight is 379 g/mol. The Kier molecular flexibility index (Phi) is 3.96. The van der Waals surface area contributed by atoms with Crippen LogP contribution in [0, 0.1) is 5.82 Å². The van der Waals surface area contributed by atoms with E-state index in [-0.39, 0.29) is 11.7 Å². The fourth-order valence-corrected chi connectivity index (χ4v) is 3.12. The summed E-state index contributed by atoms with van der Waals surface area (Å²) in [5.41, 5.74) is 0.539. The Balaban J connectivity index is 2.22. The molecular weight excluding hydrogens is 373 g/mol. The Hall–Kier alpha value is -0.720. The topological polar surface area (TPSA) is 29.1 Å². The van der Waals surface area contributed by atoms with Gasteiger partial charge >= 0.3 is 0 Å². The lowest BCUT2D eigenvalue weighted by Crippen LogP contribution is -2.11. The van der Waals surface area contributed by atoms with Gasteiger partial charge in [-0.3, -0.25) is 4.79 Å². The van der Waals surface area contributed by atoms with Gasteiger partial charge < -0.3 is 5.32 Å². The van der Waals surface area contributed by atoms with Gasteiger partial charge in [-0.25, -0.2) is 4.39 Å². The van der Waals surface area contributed by atoms with Crippen LogP contribution in [0.3, 0.4) is 0 Å². The fraction of sp³-hybridized carbons (Fsp3) is 0. The van der Waals surface area contributed by atoms with Crippen molar-refractivity contribution in [1.29, 1.82) is 0 Å². The third-order valence-corrected chi connectivity index (χ3v) is 4.50. The molecule has 2 nitrogen and oxygen atoms in total. The minimum absolute atomic E-state index is 0.223. The molecule has 2 aromatic rings. The molecule has 2 rings (SSSR count). The van der Waals surface area contributed by atoms with Gasteiger partial charge in [0.1, 0.15) is 10.7 Å². The molecule has 0 aliphatic rings. The maximum absolute atomic E-state index is 12.9. The van der Waals surface area contributed by atoms with E-state index in [1.807, 2.05) is 5.38 Å². The van der Waals surface area contributed by atoms with Crippen LogP contribution in [0.1, 0.15) is 9.67 Å². The Morgan fingerprint density at radius 3 is 2.59 bits per heavy atom. The molecule has 1 N–H and O–H groups in total. The summed E-state index contributed by atoms with van der Waals surface area (Å²) in [6, 6.07) is 5.92. The van der Waals surface area contributed by atoms with Crippen LogP contribution in [0.2, 0.25) is 0 Å². The first-order valence-corrected chi connectivity index (χ1v) is 7.04. The predicted molar refractivity (Wildman–Crippen MR) is 74.1 cm³/mol. The molecular formula is C11H6Br2FNOS. The maximum Gasteiger partial charge on any atom is 0.266 e. The van der Waals surface area contributed by atoms with E-state index in [0.717, 1.165) is 4.47 Å². The van der Waals surface area contributed by atoms with E-state index in [2.05, 4.69) is 37.2 Å². The first-order chi connectivity index (χ1) is 8.08. The molecule has 0 aliphatic carbocycles. The molecule has 6 heteroatoms. The minimum atomic E-state index is -0.354. The Morgan fingerprint density at radius 1 is 1.24 bits per heavy atom. The van der Waals surface area contributed by atoms with Crippen LogP contribution in [-0.4, -0.2) is 5.91 Å². The third-order valence-electron chi connectivity index (χ3n) is 2.00. The second-order valence-electron chi connectivity index (χ2n) is 3.18. The van der Waals surface area contributed by atoms with Crippen LogP contribution in [0.5, 0.6) is 0 Å². The lowest BCUT2D eigenvalue weighted by molar-refractivity contribution is 0.103. The molecule has 0 atom stereocenters. The Morgan fingerprint density at radius 2 is 2.00 bits per heavy atom. The molecule has 88 valence electrons. The summed E-state index contributed by atoms with van der Waals surface area (Å²) in [6.07, 6.45) is 0. The summed E-state index contributed by atoms with van der Waals surface area (Å²) in [5, 5.41) is 4.53. The number of carbonyl (C=O) groups excluding carboxylic acids is 1. The number of nitrogens with one attached hydrogen (secondary N) is 1. The van der Waals surface area contributed by atoms with E-state index < -0.39 is 0 Å². The highest BCUT2D eigenvalue weighted by Crippen LogP contribution is 2.27. The quantitative estimate of drug-likeness (QED) is 0.808. The fourth-order valence-electron chi connectivity index (χ4n) is 1.23. The molecule has 0 radical (unpaired) electrons. The Bertz CT molecular complexity index is 570.